The van der Waals surface area contributed by atoms with E-state index >= 15 is 0 Å². The number of carbonyl (C=O) groups is 1. The van der Waals surface area contributed by atoms with Crippen molar-refractivity contribution in [2.75, 3.05) is 13.7 Å². The summed E-state index contributed by atoms with van der Waals surface area (Å²) in [7, 11) is 1.60. The summed E-state index contributed by atoms with van der Waals surface area (Å²) in [5, 5.41) is 9.70. The van der Waals surface area contributed by atoms with Crippen LogP contribution in [-0.2, 0) is 9.53 Å². The summed E-state index contributed by atoms with van der Waals surface area (Å²) < 4.78 is 4.84. The van der Waals surface area contributed by atoms with Crippen molar-refractivity contribution >= 4 is 5.78 Å². The lowest BCUT2D eigenvalue weighted by Crippen LogP contribution is -2.12. The maximum Gasteiger partial charge on any atom is 0.165 e. The first-order valence-corrected chi connectivity index (χ1v) is 5.00. The van der Waals surface area contributed by atoms with Gasteiger partial charge in [0.25, 0.3) is 0 Å². The van der Waals surface area contributed by atoms with Crippen LogP contribution in [0.15, 0.2) is 30.3 Å². The van der Waals surface area contributed by atoms with Crippen molar-refractivity contribution in [1.82, 2.24) is 0 Å². The van der Waals surface area contributed by atoms with Crippen molar-refractivity contribution in [2.45, 2.75) is 18.9 Å². The molecule has 0 saturated heterocycles. The van der Waals surface area contributed by atoms with Crippen LogP contribution in [0.3, 0.4) is 0 Å². The second kappa shape index (κ2) is 6.32. The molecule has 0 spiro atoms. The monoisotopic (exact) mass is 208 g/mol. The number of carbonyl (C=O) groups excluding carboxylic acids is 1. The fourth-order valence-corrected chi connectivity index (χ4v) is 1.35. The molecule has 1 rings (SSSR count). The topological polar surface area (TPSA) is 46.5 Å². The van der Waals surface area contributed by atoms with E-state index in [1.807, 2.05) is 6.07 Å². The lowest BCUT2D eigenvalue weighted by molar-refractivity contribution is -0.127. The largest absolute Gasteiger partial charge is 0.385 e. The summed E-state index contributed by atoms with van der Waals surface area (Å²) in [6, 6.07) is 8.96. The molecule has 3 heteroatoms. The first-order chi connectivity index (χ1) is 7.25. The second-order valence-electron chi connectivity index (χ2n) is 3.38. The van der Waals surface area contributed by atoms with Crippen LogP contribution in [0.4, 0.5) is 0 Å². The molecule has 0 bridgehead atoms. The van der Waals surface area contributed by atoms with Gasteiger partial charge in [0.1, 0.15) is 6.10 Å². The molecular weight excluding hydrogens is 192 g/mol. The first-order valence-electron chi connectivity index (χ1n) is 5.00. The number of ketones is 1. The van der Waals surface area contributed by atoms with Crippen LogP contribution in [0.25, 0.3) is 0 Å². The fraction of sp³-hybridized carbons (Fsp3) is 0.417. The molecule has 1 aromatic rings. The van der Waals surface area contributed by atoms with Crippen LogP contribution in [0.2, 0.25) is 0 Å². The van der Waals surface area contributed by atoms with Gasteiger partial charge in [0.2, 0.25) is 0 Å². The Morgan fingerprint density at radius 2 is 2.07 bits per heavy atom. The van der Waals surface area contributed by atoms with Crippen LogP contribution in [0, 0.1) is 0 Å². The van der Waals surface area contributed by atoms with Crippen molar-refractivity contribution in [3.63, 3.8) is 0 Å². The molecule has 15 heavy (non-hydrogen) atoms. The van der Waals surface area contributed by atoms with E-state index in [0.717, 1.165) is 0 Å². The van der Waals surface area contributed by atoms with Crippen LogP contribution >= 0.6 is 0 Å². The highest BCUT2D eigenvalue weighted by molar-refractivity contribution is 5.84. The Balaban J connectivity index is 2.46. The maximum atomic E-state index is 11.5. The molecule has 1 aromatic carbocycles. The van der Waals surface area contributed by atoms with Crippen LogP contribution < -0.4 is 0 Å². The summed E-state index contributed by atoms with van der Waals surface area (Å²) in [5.41, 5.74) is 0.653. The smallest absolute Gasteiger partial charge is 0.165 e. The number of ether oxygens (including phenoxy) is 1. The van der Waals surface area contributed by atoms with Crippen molar-refractivity contribution in [3.05, 3.63) is 35.9 Å². The number of aliphatic hydroxyl groups is 1. The van der Waals surface area contributed by atoms with Gasteiger partial charge in [-0.25, -0.2) is 0 Å². The second-order valence-corrected chi connectivity index (χ2v) is 3.38. The molecule has 0 amide bonds. The van der Waals surface area contributed by atoms with Crippen LogP contribution in [0.1, 0.15) is 24.5 Å². The standard InChI is InChI=1S/C12H16O3/c1-15-9-5-8-11(13)12(14)10-6-3-2-4-7-10/h2-4,6-7,12,14H,5,8-9H2,1H3. The Labute approximate surface area is 89.7 Å². The summed E-state index contributed by atoms with van der Waals surface area (Å²) in [4.78, 5) is 11.5. The van der Waals surface area contributed by atoms with E-state index in [9.17, 15) is 9.90 Å². The highest BCUT2D eigenvalue weighted by Crippen LogP contribution is 2.15. The quantitative estimate of drug-likeness (QED) is 0.724. The molecule has 1 N–H and O–H groups in total. The molecule has 0 heterocycles. The third kappa shape index (κ3) is 3.81. The van der Waals surface area contributed by atoms with Crippen molar-refractivity contribution in [3.8, 4) is 0 Å². The van der Waals surface area contributed by atoms with Gasteiger partial charge in [-0.15, -0.1) is 0 Å². The van der Waals surface area contributed by atoms with E-state index in [2.05, 4.69) is 0 Å². The zero-order valence-corrected chi connectivity index (χ0v) is 8.85. The Morgan fingerprint density at radius 1 is 1.40 bits per heavy atom. The van der Waals surface area contributed by atoms with Crippen LogP contribution in [-0.4, -0.2) is 24.6 Å². The zero-order valence-electron chi connectivity index (χ0n) is 8.85. The summed E-state index contributed by atoms with van der Waals surface area (Å²) in [5.74, 6) is -0.154. The lowest BCUT2D eigenvalue weighted by Gasteiger charge is -2.09. The van der Waals surface area contributed by atoms with Crippen molar-refractivity contribution in [1.29, 1.82) is 0 Å². The Bertz CT molecular complexity index is 295. The number of rotatable bonds is 6. The minimum atomic E-state index is -0.997. The maximum absolute atomic E-state index is 11.5. The predicted molar refractivity (Wildman–Crippen MR) is 57.5 cm³/mol. The first kappa shape index (κ1) is 11.9. The average molecular weight is 208 g/mol. The molecule has 0 aromatic heterocycles. The van der Waals surface area contributed by atoms with Gasteiger partial charge in [0.05, 0.1) is 0 Å². The number of Topliss-reactive ketones (excluding diaryl/α,β-unsaturated/α-hetero) is 1. The van der Waals surface area contributed by atoms with Gasteiger partial charge in [-0.3, -0.25) is 4.79 Å². The number of benzene rings is 1. The number of aliphatic hydroxyl groups excluding tert-OH is 1. The van der Waals surface area contributed by atoms with E-state index in [1.165, 1.54) is 0 Å². The Kier molecular flexibility index (Phi) is 5.01. The van der Waals surface area contributed by atoms with Gasteiger partial charge in [-0.2, -0.15) is 0 Å². The van der Waals surface area contributed by atoms with E-state index < -0.39 is 6.10 Å². The van der Waals surface area contributed by atoms with Crippen molar-refractivity contribution < 1.29 is 14.6 Å². The van der Waals surface area contributed by atoms with Gasteiger partial charge >= 0.3 is 0 Å². The molecule has 0 saturated carbocycles. The molecule has 1 atom stereocenters. The van der Waals surface area contributed by atoms with E-state index in [4.69, 9.17) is 4.74 Å². The fourth-order valence-electron chi connectivity index (χ4n) is 1.35. The van der Waals surface area contributed by atoms with E-state index in [0.29, 0.717) is 25.0 Å². The number of hydrogen-bond donors (Lipinski definition) is 1. The lowest BCUT2D eigenvalue weighted by atomic mass is 10.0. The third-order valence-electron chi connectivity index (χ3n) is 2.19. The van der Waals surface area contributed by atoms with Gasteiger partial charge in [-0.05, 0) is 12.0 Å². The van der Waals surface area contributed by atoms with Crippen molar-refractivity contribution in [2.24, 2.45) is 0 Å². The predicted octanol–water partition coefficient (Wildman–Crippen LogP) is 1.72. The number of hydrogen-bond acceptors (Lipinski definition) is 3. The SMILES string of the molecule is COCCCC(=O)C(O)c1ccccc1. The molecule has 0 aliphatic rings. The zero-order chi connectivity index (χ0) is 11.1. The third-order valence-corrected chi connectivity index (χ3v) is 2.19. The minimum absolute atomic E-state index is 0.154. The molecule has 0 aliphatic heterocycles. The van der Waals surface area contributed by atoms with Gasteiger partial charge < -0.3 is 9.84 Å². The molecule has 0 aliphatic carbocycles. The Hall–Kier alpha value is -1.19. The summed E-state index contributed by atoms with van der Waals surface area (Å²) >= 11 is 0. The highest BCUT2D eigenvalue weighted by atomic mass is 16.5. The van der Waals surface area contributed by atoms with Gasteiger partial charge in [0.15, 0.2) is 5.78 Å². The molecular formula is C12H16O3. The normalized spacial score (nSPS) is 12.4. The molecule has 82 valence electrons. The Morgan fingerprint density at radius 3 is 2.67 bits per heavy atom. The highest BCUT2D eigenvalue weighted by Gasteiger charge is 2.15. The summed E-state index contributed by atoms with van der Waals surface area (Å²) in [6.45, 7) is 0.549. The number of methoxy groups -OCH3 is 1. The minimum Gasteiger partial charge on any atom is -0.385 e. The summed E-state index contributed by atoms with van der Waals surface area (Å²) in [6.07, 6.45) is 0.00593. The van der Waals surface area contributed by atoms with E-state index in [1.54, 1.807) is 31.4 Å². The van der Waals surface area contributed by atoms with Gasteiger partial charge in [-0.1, -0.05) is 30.3 Å². The molecule has 1 unspecified atom stereocenters. The van der Waals surface area contributed by atoms with E-state index in [-0.39, 0.29) is 5.78 Å². The molecule has 3 nitrogen and oxygen atoms in total. The van der Waals surface area contributed by atoms with Crippen LogP contribution in [0.5, 0.6) is 0 Å². The molecule has 0 radical (unpaired) electrons. The van der Waals surface area contributed by atoms with Gasteiger partial charge in [0, 0.05) is 20.1 Å². The average Bonchev–Trinajstić information content (AvgIpc) is 2.29. The molecule has 0 fully saturated rings.